The molecule has 0 aliphatic rings. The summed E-state index contributed by atoms with van der Waals surface area (Å²) in [5.41, 5.74) is -0.943. The number of aromatic nitrogens is 1. The molecule has 1 aromatic heterocycles. The second-order valence-electron chi connectivity index (χ2n) is 2.78. The molecule has 4 heteroatoms. The molecule has 0 saturated carbocycles. The van der Waals surface area contributed by atoms with Gasteiger partial charge in [-0.15, -0.1) is 0 Å². The van der Waals surface area contributed by atoms with Gasteiger partial charge in [-0.05, 0) is 28.9 Å². The van der Waals surface area contributed by atoms with Crippen molar-refractivity contribution in [2.75, 3.05) is 6.67 Å². The molecule has 0 fully saturated rings. The molecular weight excluding hydrogens is 225 g/mol. The molecule has 0 bridgehead atoms. The Bertz CT molecular complexity index is 260. The van der Waals surface area contributed by atoms with E-state index in [2.05, 4.69) is 20.9 Å². The van der Waals surface area contributed by atoms with E-state index in [0.29, 0.717) is 10.2 Å². The Labute approximate surface area is 78.6 Å². The van der Waals surface area contributed by atoms with Gasteiger partial charge in [-0.2, -0.15) is 0 Å². The number of aliphatic hydroxyl groups is 1. The van der Waals surface area contributed by atoms with Crippen LogP contribution in [0.2, 0.25) is 0 Å². The summed E-state index contributed by atoms with van der Waals surface area (Å²) in [6.45, 7) is 0.605. The van der Waals surface area contributed by atoms with Crippen molar-refractivity contribution in [2.24, 2.45) is 0 Å². The fourth-order valence-electron chi connectivity index (χ4n) is 0.772. The lowest BCUT2D eigenvalue weighted by Crippen LogP contribution is -2.23. The maximum atomic E-state index is 12.3. The van der Waals surface area contributed by atoms with Crippen molar-refractivity contribution in [2.45, 2.75) is 12.5 Å². The third kappa shape index (κ3) is 2.01. The number of hydrogen-bond donors (Lipinski definition) is 1. The van der Waals surface area contributed by atoms with Crippen molar-refractivity contribution in [3.8, 4) is 0 Å². The number of rotatable bonds is 2. The van der Waals surface area contributed by atoms with Crippen LogP contribution in [0.1, 0.15) is 12.5 Å². The summed E-state index contributed by atoms with van der Waals surface area (Å²) in [7, 11) is 0. The van der Waals surface area contributed by atoms with Crippen LogP contribution in [0.15, 0.2) is 22.9 Å². The minimum Gasteiger partial charge on any atom is -0.383 e. The first-order valence-corrected chi connectivity index (χ1v) is 4.26. The number of pyridine rings is 1. The molecule has 0 aliphatic carbocycles. The van der Waals surface area contributed by atoms with Crippen molar-refractivity contribution >= 4 is 15.9 Å². The Morgan fingerprint density at radius 2 is 2.33 bits per heavy atom. The van der Waals surface area contributed by atoms with E-state index in [9.17, 15) is 9.50 Å². The molecule has 12 heavy (non-hydrogen) atoms. The van der Waals surface area contributed by atoms with Gasteiger partial charge in [0.05, 0.1) is 0 Å². The highest BCUT2D eigenvalue weighted by molar-refractivity contribution is 9.10. The monoisotopic (exact) mass is 233 g/mol. The van der Waals surface area contributed by atoms with E-state index in [0.717, 1.165) is 0 Å². The summed E-state index contributed by atoms with van der Waals surface area (Å²) < 4.78 is 12.9. The van der Waals surface area contributed by atoms with Crippen LogP contribution in [-0.2, 0) is 5.60 Å². The van der Waals surface area contributed by atoms with Crippen LogP contribution < -0.4 is 0 Å². The van der Waals surface area contributed by atoms with Gasteiger partial charge in [0.15, 0.2) is 0 Å². The summed E-state index contributed by atoms with van der Waals surface area (Å²) >= 11 is 3.15. The fraction of sp³-hybridized carbons (Fsp3) is 0.375. The Hall–Kier alpha value is -0.480. The Kier molecular flexibility index (Phi) is 2.80. The highest BCUT2D eigenvalue weighted by Gasteiger charge is 2.22. The van der Waals surface area contributed by atoms with Gasteiger partial charge in [0.2, 0.25) is 0 Å². The molecule has 1 atom stereocenters. The minimum atomic E-state index is -1.42. The van der Waals surface area contributed by atoms with Gasteiger partial charge in [-0.25, -0.2) is 9.37 Å². The van der Waals surface area contributed by atoms with Crippen molar-refractivity contribution < 1.29 is 9.50 Å². The molecule has 0 radical (unpaired) electrons. The van der Waals surface area contributed by atoms with Crippen LogP contribution in [0.5, 0.6) is 0 Å². The SMILES string of the molecule is CC(O)(CF)c1ccc(Br)nc1. The summed E-state index contributed by atoms with van der Waals surface area (Å²) in [5.74, 6) is 0. The zero-order valence-electron chi connectivity index (χ0n) is 6.59. The fourth-order valence-corrected chi connectivity index (χ4v) is 1.01. The molecule has 1 heterocycles. The van der Waals surface area contributed by atoms with Gasteiger partial charge >= 0.3 is 0 Å². The zero-order chi connectivity index (χ0) is 9.19. The number of hydrogen-bond acceptors (Lipinski definition) is 2. The molecule has 0 aliphatic heterocycles. The van der Waals surface area contributed by atoms with E-state index in [1.807, 2.05) is 0 Å². The van der Waals surface area contributed by atoms with E-state index >= 15 is 0 Å². The molecular formula is C8H9BrFNO. The van der Waals surface area contributed by atoms with Crippen LogP contribution in [0.4, 0.5) is 4.39 Å². The molecule has 0 spiro atoms. The second kappa shape index (κ2) is 3.49. The van der Waals surface area contributed by atoms with Gasteiger partial charge in [0.25, 0.3) is 0 Å². The molecule has 1 aromatic rings. The average Bonchev–Trinajstić information content (AvgIpc) is 2.05. The third-order valence-corrected chi connectivity index (χ3v) is 2.08. The quantitative estimate of drug-likeness (QED) is 0.794. The molecule has 0 amide bonds. The molecule has 0 aromatic carbocycles. The minimum absolute atomic E-state index is 0.480. The highest BCUT2D eigenvalue weighted by atomic mass is 79.9. The van der Waals surface area contributed by atoms with Gasteiger partial charge < -0.3 is 5.11 Å². The summed E-state index contributed by atoms with van der Waals surface area (Å²) in [6.07, 6.45) is 1.45. The molecule has 1 N–H and O–H groups in total. The van der Waals surface area contributed by atoms with E-state index in [1.165, 1.54) is 13.1 Å². The lowest BCUT2D eigenvalue weighted by atomic mass is 10.0. The maximum Gasteiger partial charge on any atom is 0.122 e. The third-order valence-electron chi connectivity index (χ3n) is 1.61. The largest absolute Gasteiger partial charge is 0.383 e. The van der Waals surface area contributed by atoms with E-state index in [-0.39, 0.29) is 0 Å². The maximum absolute atomic E-state index is 12.3. The normalized spacial score (nSPS) is 15.7. The van der Waals surface area contributed by atoms with E-state index in [4.69, 9.17) is 0 Å². The number of halogens is 2. The van der Waals surface area contributed by atoms with Gasteiger partial charge in [0, 0.05) is 11.8 Å². The molecule has 0 saturated heterocycles. The Morgan fingerprint density at radius 1 is 1.67 bits per heavy atom. The van der Waals surface area contributed by atoms with Gasteiger partial charge in [-0.1, -0.05) is 6.07 Å². The van der Waals surface area contributed by atoms with Crippen molar-refractivity contribution in [3.05, 3.63) is 28.5 Å². The van der Waals surface area contributed by atoms with E-state index < -0.39 is 12.3 Å². The number of alkyl halides is 1. The first-order valence-electron chi connectivity index (χ1n) is 3.46. The first kappa shape index (κ1) is 9.61. The summed E-state index contributed by atoms with van der Waals surface area (Å²) in [6, 6.07) is 3.30. The predicted molar refractivity (Wildman–Crippen MR) is 47.5 cm³/mol. The van der Waals surface area contributed by atoms with Crippen molar-refractivity contribution in [1.82, 2.24) is 4.98 Å². The average molecular weight is 234 g/mol. The summed E-state index contributed by atoms with van der Waals surface area (Å²) in [4.78, 5) is 3.88. The standard InChI is InChI=1S/C8H9BrFNO/c1-8(12,5-10)6-2-3-7(9)11-4-6/h2-4,12H,5H2,1H3. The van der Waals surface area contributed by atoms with Crippen LogP contribution in [0, 0.1) is 0 Å². The Morgan fingerprint density at radius 3 is 2.75 bits per heavy atom. The topological polar surface area (TPSA) is 33.1 Å². The summed E-state index contributed by atoms with van der Waals surface area (Å²) in [5, 5.41) is 9.46. The second-order valence-corrected chi connectivity index (χ2v) is 3.59. The number of nitrogens with zero attached hydrogens (tertiary/aromatic N) is 1. The first-order chi connectivity index (χ1) is 5.56. The van der Waals surface area contributed by atoms with Crippen LogP contribution >= 0.6 is 15.9 Å². The molecule has 1 rings (SSSR count). The van der Waals surface area contributed by atoms with Crippen molar-refractivity contribution in [3.63, 3.8) is 0 Å². The van der Waals surface area contributed by atoms with Crippen LogP contribution in [-0.4, -0.2) is 16.8 Å². The zero-order valence-corrected chi connectivity index (χ0v) is 8.18. The van der Waals surface area contributed by atoms with Crippen LogP contribution in [0.3, 0.4) is 0 Å². The molecule has 2 nitrogen and oxygen atoms in total. The van der Waals surface area contributed by atoms with E-state index in [1.54, 1.807) is 12.1 Å². The van der Waals surface area contributed by atoms with Crippen LogP contribution in [0.25, 0.3) is 0 Å². The smallest absolute Gasteiger partial charge is 0.122 e. The highest BCUT2D eigenvalue weighted by Crippen LogP contribution is 2.20. The van der Waals surface area contributed by atoms with Crippen molar-refractivity contribution in [1.29, 1.82) is 0 Å². The lowest BCUT2D eigenvalue weighted by molar-refractivity contribution is 0.0296. The Balaban J connectivity index is 2.96. The predicted octanol–water partition coefficient (Wildman–Crippen LogP) is 2.02. The van der Waals surface area contributed by atoms with Gasteiger partial charge in [0.1, 0.15) is 16.9 Å². The van der Waals surface area contributed by atoms with Gasteiger partial charge in [-0.3, -0.25) is 0 Å². The molecule has 66 valence electrons. The lowest BCUT2D eigenvalue weighted by Gasteiger charge is -2.18. The molecule has 1 unspecified atom stereocenters.